The van der Waals surface area contributed by atoms with Crippen molar-refractivity contribution in [3.05, 3.63) is 34.9 Å². The van der Waals surface area contributed by atoms with E-state index in [0.717, 1.165) is 0 Å². The number of nitrogens with zero attached hydrogens (tertiary/aromatic N) is 1. The van der Waals surface area contributed by atoms with Crippen molar-refractivity contribution in [2.45, 2.75) is 19.9 Å². The lowest BCUT2D eigenvalue weighted by Crippen LogP contribution is -2.10. The highest BCUT2D eigenvalue weighted by Gasteiger charge is 2.20. The Kier molecular flexibility index (Phi) is 2.15. The molecule has 1 atom stereocenters. The van der Waals surface area contributed by atoms with Crippen LogP contribution in [-0.2, 0) is 4.74 Å². The molecule has 1 heterocycles. The van der Waals surface area contributed by atoms with Crippen LogP contribution in [0, 0.1) is 13.8 Å². The summed E-state index contributed by atoms with van der Waals surface area (Å²) in [5, 5.41) is 0. The Morgan fingerprint density at radius 1 is 1.43 bits per heavy atom. The van der Waals surface area contributed by atoms with Gasteiger partial charge in [0.1, 0.15) is 12.6 Å². The van der Waals surface area contributed by atoms with Crippen LogP contribution in [-0.4, -0.2) is 12.6 Å². The van der Waals surface area contributed by atoms with E-state index in [2.05, 4.69) is 37.0 Å². The maximum atomic E-state index is 5.48. The molecule has 2 N–H and O–H groups in total. The van der Waals surface area contributed by atoms with E-state index in [1.54, 1.807) is 0 Å². The minimum Gasteiger partial charge on any atom is -0.463 e. The van der Waals surface area contributed by atoms with Gasteiger partial charge in [0.2, 0.25) is 0 Å². The van der Waals surface area contributed by atoms with Crippen molar-refractivity contribution in [2.24, 2.45) is 10.7 Å². The highest BCUT2D eigenvalue weighted by molar-refractivity contribution is 5.73. The van der Waals surface area contributed by atoms with Gasteiger partial charge in [-0.1, -0.05) is 23.8 Å². The van der Waals surface area contributed by atoms with Gasteiger partial charge in [-0.2, -0.15) is 0 Å². The van der Waals surface area contributed by atoms with Gasteiger partial charge >= 0.3 is 0 Å². The van der Waals surface area contributed by atoms with Crippen LogP contribution in [0.2, 0.25) is 0 Å². The molecule has 1 aromatic carbocycles. The summed E-state index contributed by atoms with van der Waals surface area (Å²) in [5.41, 5.74) is 9.17. The first kappa shape index (κ1) is 9.06. The summed E-state index contributed by atoms with van der Waals surface area (Å²) < 4.78 is 5.14. The van der Waals surface area contributed by atoms with E-state index in [1.165, 1.54) is 16.7 Å². The fourth-order valence-electron chi connectivity index (χ4n) is 1.67. The van der Waals surface area contributed by atoms with E-state index < -0.39 is 0 Å². The Morgan fingerprint density at radius 3 is 2.86 bits per heavy atom. The first-order valence-electron chi connectivity index (χ1n) is 4.70. The topological polar surface area (TPSA) is 47.6 Å². The van der Waals surface area contributed by atoms with Crippen molar-refractivity contribution in [1.29, 1.82) is 0 Å². The number of benzene rings is 1. The molecule has 1 aliphatic rings. The molecule has 0 aromatic heterocycles. The van der Waals surface area contributed by atoms with Crippen LogP contribution in [0.25, 0.3) is 0 Å². The third-order valence-electron chi connectivity index (χ3n) is 2.47. The molecule has 0 saturated heterocycles. The summed E-state index contributed by atoms with van der Waals surface area (Å²) in [6.45, 7) is 4.72. The van der Waals surface area contributed by atoms with Crippen molar-refractivity contribution in [1.82, 2.24) is 0 Å². The lowest BCUT2D eigenvalue weighted by molar-refractivity contribution is 0.315. The van der Waals surface area contributed by atoms with Gasteiger partial charge in [-0.15, -0.1) is 0 Å². The van der Waals surface area contributed by atoms with E-state index in [9.17, 15) is 0 Å². The Morgan fingerprint density at radius 2 is 2.21 bits per heavy atom. The molecule has 1 aromatic rings. The number of ether oxygens (including phenoxy) is 1. The summed E-state index contributed by atoms with van der Waals surface area (Å²) >= 11 is 0. The third kappa shape index (κ3) is 1.58. The summed E-state index contributed by atoms with van der Waals surface area (Å²) in [5.74, 6) is 0. The molecule has 0 saturated carbocycles. The van der Waals surface area contributed by atoms with Crippen LogP contribution in [0.5, 0.6) is 0 Å². The van der Waals surface area contributed by atoms with Crippen molar-refractivity contribution in [2.75, 3.05) is 6.61 Å². The van der Waals surface area contributed by atoms with Crippen LogP contribution < -0.4 is 5.73 Å². The summed E-state index contributed by atoms with van der Waals surface area (Å²) in [6.07, 6.45) is 0. The minimum atomic E-state index is 0.0786. The predicted molar refractivity (Wildman–Crippen MR) is 56.2 cm³/mol. The molecular formula is C11H14N2O. The molecule has 0 amide bonds. The second-order valence-electron chi connectivity index (χ2n) is 3.65. The second kappa shape index (κ2) is 3.33. The minimum absolute atomic E-state index is 0.0786. The standard InChI is InChI=1S/C11H14N2O/c1-7-3-4-8(2)9(5-7)10-6-14-11(12)13-10/h3-5,10H,6H2,1-2H3,(H2,12,13). The maximum Gasteiger partial charge on any atom is 0.282 e. The molecule has 74 valence electrons. The summed E-state index contributed by atoms with van der Waals surface area (Å²) in [6, 6.07) is 6.73. The Labute approximate surface area is 83.6 Å². The molecule has 14 heavy (non-hydrogen) atoms. The van der Waals surface area contributed by atoms with E-state index in [0.29, 0.717) is 12.6 Å². The van der Waals surface area contributed by atoms with Crippen LogP contribution in [0.15, 0.2) is 23.2 Å². The van der Waals surface area contributed by atoms with Crippen LogP contribution in [0.3, 0.4) is 0 Å². The molecule has 0 radical (unpaired) electrons. The molecular weight excluding hydrogens is 176 g/mol. The number of amidine groups is 1. The van der Waals surface area contributed by atoms with Gasteiger partial charge in [-0.3, -0.25) is 0 Å². The zero-order valence-corrected chi connectivity index (χ0v) is 8.45. The van der Waals surface area contributed by atoms with Crippen LogP contribution in [0.1, 0.15) is 22.7 Å². The van der Waals surface area contributed by atoms with Gasteiger partial charge in [0.25, 0.3) is 6.02 Å². The van der Waals surface area contributed by atoms with Crippen molar-refractivity contribution < 1.29 is 4.74 Å². The lowest BCUT2D eigenvalue weighted by atomic mass is 10.00. The SMILES string of the molecule is Cc1ccc(C)c(C2COC(N)=N2)c1. The molecule has 2 rings (SSSR count). The number of rotatable bonds is 1. The maximum absolute atomic E-state index is 5.48. The van der Waals surface area contributed by atoms with Gasteiger partial charge in [-0.05, 0) is 25.0 Å². The van der Waals surface area contributed by atoms with Gasteiger partial charge in [0.15, 0.2) is 0 Å². The van der Waals surface area contributed by atoms with Crippen LogP contribution >= 0.6 is 0 Å². The average Bonchev–Trinajstić information content (AvgIpc) is 2.56. The van der Waals surface area contributed by atoms with Gasteiger partial charge in [0.05, 0.1) is 0 Å². The molecule has 3 nitrogen and oxygen atoms in total. The second-order valence-corrected chi connectivity index (χ2v) is 3.65. The average molecular weight is 190 g/mol. The zero-order valence-electron chi connectivity index (χ0n) is 8.45. The molecule has 1 aliphatic heterocycles. The predicted octanol–water partition coefficient (Wildman–Crippen LogP) is 1.69. The Hall–Kier alpha value is -1.51. The van der Waals surface area contributed by atoms with Crippen molar-refractivity contribution >= 4 is 6.02 Å². The normalized spacial score (nSPS) is 20.4. The van der Waals surface area contributed by atoms with Gasteiger partial charge in [0, 0.05) is 0 Å². The van der Waals surface area contributed by atoms with Crippen molar-refractivity contribution in [3.8, 4) is 0 Å². The van der Waals surface area contributed by atoms with Crippen molar-refractivity contribution in [3.63, 3.8) is 0 Å². The zero-order chi connectivity index (χ0) is 10.1. The molecule has 0 fully saturated rings. The van der Waals surface area contributed by atoms with E-state index in [4.69, 9.17) is 10.5 Å². The quantitative estimate of drug-likeness (QED) is 0.732. The number of hydrogen-bond donors (Lipinski definition) is 1. The summed E-state index contributed by atoms with van der Waals surface area (Å²) in [4.78, 5) is 4.23. The number of nitrogens with two attached hydrogens (primary N) is 1. The summed E-state index contributed by atoms with van der Waals surface area (Å²) in [7, 11) is 0. The Bertz CT molecular complexity index is 385. The fourth-order valence-corrected chi connectivity index (χ4v) is 1.67. The molecule has 1 unspecified atom stereocenters. The van der Waals surface area contributed by atoms with E-state index >= 15 is 0 Å². The fraction of sp³-hybridized carbons (Fsp3) is 0.364. The monoisotopic (exact) mass is 190 g/mol. The van der Waals surface area contributed by atoms with E-state index in [-0.39, 0.29) is 6.04 Å². The smallest absolute Gasteiger partial charge is 0.282 e. The van der Waals surface area contributed by atoms with E-state index in [1.807, 2.05) is 0 Å². The highest BCUT2D eigenvalue weighted by Crippen LogP contribution is 2.25. The first-order chi connectivity index (χ1) is 6.66. The Balaban J connectivity index is 2.36. The number of hydrogen-bond acceptors (Lipinski definition) is 3. The molecule has 0 spiro atoms. The first-order valence-corrected chi connectivity index (χ1v) is 4.70. The van der Waals surface area contributed by atoms with Crippen LogP contribution in [0.4, 0.5) is 0 Å². The molecule has 0 aliphatic carbocycles. The largest absolute Gasteiger partial charge is 0.463 e. The number of aryl methyl sites for hydroxylation is 2. The molecule has 3 heteroatoms. The molecule has 0 bridgehead atoms. The third-order valence-corrected chi connectivity index (χ3v) is 2.47. The highest BCUT2D eigenvalue weighted by atomic mass is 16.5. The van der Waals surface area contributed by atoms with Gasteiger partial charge < -0.3 is 10.5 Å². The number of aliphatic imine (C=N–C) groups is 1. The van der Waals surface area contributed by atoms with Gasteiger partial charge in [-0.25, -0.2) is 4.99 Å². The lowest BCUT2D eigenvalue weighted by Gasteiger charge is -2.09.